The van der Waals surface area contributed by atoms with Crippen LogP contribution >= 0.6 is 0 Å². The predicted octanol–water partition coefficient (Wildman–Crippen LogP) is 1.91. The number of benzene rings is 1. The standard InChI is InChI=1S/C13H15F3N2O/c1-18(11(6-17)7-2-3-7)13(19)12-9(15)4-8(14)5-10(12)16/h4-5,7,11H,2-3,6,17H2,1H3. The zero-order valence-corrected chi connectivity index (χ0v) is 10.5. The molecule has 104 valence electrons. The number of carbonyl (C=O) groups excluding carboxylic acids is 1. The molecule has 1 fully saturated rings. The molecule has 0 aliphatic heterocycles. The summed E-state index contributed by atoms with van der Waals surface area (Å²) in [6.45, 7) is 0.233. The third-order valence-corrected chi connectivity index (χ3v) is 3.45. The van der Waals surface area contributed by atoms with Crippen LogP contribution in [0.2, 0.25) is 0 Å². The Morgan fingerprint density at radius 2 is 1.89 bits per heavy atom. The number of hydrogen-bond donors (Lipinski definition) is 1. The van der Waals surface area contributed by atoms with Crippen molar-refractivity contribution in [3.63, 3.8) is 0 Å². The monoisotopic (exact) mass is 272 g/mol. The number of carbonyl (C=O) groups is 1. The number of hydrogen-bond acceptors (Lipinski definition) is 2. The Balaban J connectivity index is 2.28. The summed E-state index contributed by atoms with van der Waals surface area (Å²) in [5.41, 5.74) is 4.86. The molecule has 1 aromatic rings. The van der Waals surface area contributed by atoms with Gasteiger partial charge in [-0.3, -0.25) is 4.79 Å². The van der Waals surface area contributed by atoms with Crippen molar-refractivity contribution in [1.29, 1.82) is 0 Å². The second kappa shape index (κ2) is 5.21. The van der Waals surface area contributed by atoms with E-state index in [4.69, 9.17) is 5.73 Å². The molecular weight excluding hydrogens is 257 g/mol. The molecule has 0 spiro atoms. The van der Waals surface area contributed by atoms with Crippen LogP contribution in [0.4, 0.5) is 13.2 Å². The van der Waals surface area contributed by atoms with Gasteiger partial charge < -0.3 is 10.6 Å². The highest BCUT2D eigenvalue weighted by atomic mass is 19.1. The van der Waals surface area contributed by atoms with Crippen LogP contribution in [0.3, 0.4) is 0 Å². The second-order valence-electron chi connectivity index (χ2n) is 4.80. The van der Waals surface area contributed by atoms with Gasteiger partial charge in [0.15, 0.2) is 0 Å². The fraction of sp³-hybridized carbons (Fsp3) is 0.462. The van der Waals surface area contributed by atoms with Gasteiger partial charge in [0.25, 0.3) is 5.91 Å². The number of likely N-dealkylation sites (N-methyl/N-ethyl adjacent to an activating group) is 1. The van der Waals surface area contributed by atoms with Crippen molar-refractivity contribution < 1.29 is 18.0 Å². The van der Waals surface area contributed by atoms with Crippen molar-refractivity contribution in [2.75, 3.05) is 13.6 Å². The van der Waals surface area contributed by atoms with E-state index in [2.05, 4.69) is 0 Å². The molecular formula is C13H15F3N2O. The van der Waals surface area contributed by atoms with Crippen molar-refractivity contribution in [3.8, 4) is 0 Å². The molecule has 1 aliphatic rings. The molecule has 0 radical (unpaired) electrons. The molecule has 0 bridgehead atoms. The molecule has 1 amide bonds. The summed E-state index contributed by atoms with van der Waals surface area (Å²) in [5.74, 6) is -3.96. The first-order valence-corrected chi connectivity index (χ1v) is 6.07. The largest absolute Gasteiger partial charge is 0.337 e. The van der Waals surface area contributed by atoms with Crippen LogP contribution in [0.1, 0.15) is 23.2 Å². The van der Waals surface area contributed by atoms with Crippen LogP contribution in [0.25, 0.3) is 0 Å². The van der Waals surface area contributed by atoms with Gasteiger partial charge in [-0.05, 0) is 18.8 Å². The zero-order chi connectivity index (χ0) is 14.2. The first kappa shape index (κ1) is 13.9. The van der Waals surface area contributed by atoms with E-state index < -0.39 is 28.9 Å². The van der Waals surface area contributed by atoms with Crippen LogP contribution in [-0.4, -0.2) is 30.4 Å². The summed E-state index contributed by atoms with van der Waals surface area (Å²) < 4.78 is 39.9. The fourth-order valence-electron chi connectivity index (χ4n) is 2.22. The third kappa shape index (κ3) is 2.73. The Kier molecular flexibility index (Phi) is 3.80. The lowest BCUT2D eigenvalue weighted by Gasteiger charge is -2.27. The van der Waals surface area contributed by atoms with Gasteiger partial charge in [-0.15, -0.1) is 0 Å². The van der Waals surface area contributed by atoms with Crippen molar-refractivity contribution in [3.05, 3.63) is 35.1 Å². The first-order valence-electron chi connectivity index (χ1n) is 6.07. The summed E-state index contributed by atoms with van der Waals surface area (Å²) in [7, 11) is 1.46. The minimum absolute atomic E-state index is 0.233. The smallest absolute Gasteiger partial charge is 0.259 e. The average molecular weight is 272 g/mol. The molecule has 1 aromatic carbocycles. The maximum absolute atomic E-state index is 13.5. The number of nitrogens with two attached hydrogens (primary N) is 1. The van der Waals surface area contributed by atoms with Gasteiger partial charge in [0, 0.05) is 31.8 Å². The molecule has 2 rings (SSSR count). The summed E-state index contributed by atoms with van der Waals surface area (Å²) in [4.78, 5) is 13.3. The van der Waals surface area contributed by atoms with E-state index in [1.807, 2.05) is 0 Å². The Morgan fingerprint density at radius 1 is 1.37 bits per heavy atom. The summed E-state index contributed by atoms with van der Waals surface area (Å²) >= 11 is 0. The van der Waals surface area contributed by atoms with Gasteiger partial charge in [-0.2, -0.15) is 0 Å². The van der Waals surface area contributed by atoms with Crippen LogP contribution in [0.15, 0.2) is 12.1 Å². The van der Waals surface area contributed by atoms with Crippen LogP contribution in [0, 0.1) is 23.4 Å². The number of nitrogens with zero attached hydrogens (tertiary/aromatic N) is 1. The van der Waals surface area contributed by atoms with Gasteiger partial charge in [0.1, 0.15) is 23.0 Å². The van der Waals surface area contributed by atoms with Gasteiger partial charge in [-0.25, -0.2) is 13.2 Å². The van der Waals surface area contributed by atoms with Gasteiger partial charge >= 0.3 is 0 Å². The Labute approximate surface area is 109 Å². The first-order chi connectivity index (χ1) is 8.95. The summed E-state index contributed by atoms with van der Waals surface area (Å²) in [6, 6.07) is 0.758. The fourth-order valence-corrected chi connectivity index (χ4v) is 2.22. The molecule has 1 aliphatic carbocycles. The maximum atomic E-state index is 13.5. The predicted molar refractivity (Wildman–Crippen MR) is 64.0 cm³/mol. The summed E-state index contributed by atoms with van der Waals surface area (Å²) in [6.07, 6.45) is 1.90. The number of halogens is 3. The highest BCUT2D eigenvalue weighted by Gasteiger charge is 2.36. The van der Waals surface area contributed by atoms with E-state index in [0.29, 0.717) is 12.1 Å². The Morgan fingerprint density at radius 3 is 2.32 bits per heavy atom. The van der Waals surface area contributed by atoms with E-state index in [0.717, 1.165) is 12.8 Å². The lowest BCUT2D eigenvalue weighted by atomic mass is 10.1. The highest BCUT2D eigenvalue weighted by Crippen LogP contribution is 2.35. The SMILES string of the molecule is CN(C(=O)c1c(F)cc(F)cc1F)C(CN)C1CC1. The summed E-state index contributed by atoms with van der Waals surface area (Å²) in [5, 5.41) is 0. The van der Waals surface area contributed by atoms with Crippen molar-refractivity contribution in [2.24, 2.45) is 11.7 Å². The highest BCUT2D eigenvalue weighted by molar-refractivity contribution is 5.94. The van der Waals surface area contributed by atoms with Gasteiger partial charge in [0.05, 0.1) is 0 Å². The molecule has 19 heavy (non-hydrogen) atoms. The molecule has 6 heteroatoms. The van der Waals surface area contributed by atoms with Crippen LogP contribution in [-0.2, 0) is 0 Å². The van der Waals surface area contributed by atoms with Crippen molar-refractivity contribution in [1.82, 2.24) is 4.90 Å². The Hall–Kier alpha value is -1.56. The van der Waals surface area contributed by atoms with E-state index in [-0.39, 0.29) is 18.5 Å². The maximum Gasteiger partial charge on any atom is 0.259 e. The molecule has 1 saturated carbocycles. The minimum atomic E-state index is -1.19. The molecule has 3 nitrogen and oxygen atoms in total. The van der Waals surface area contributed by atoms with E-state index in [1.165, 1.54) is 11.9 Å². The molecule has 1 unspecified atom stereocenters. The average Bonchev–Trinajstić information content (AvgIpc) is 3.12. The van der Waals surface area contributed by atoms with Crippen molar-refractivity contribution in [2.45, 2.75) is 18.9 Å². The molecule has 0 aromatic heterocycles. The molecule has 0 heterocycles. The van der Waals surface area contributed by atoms with Gasteiger partial charge in [-0.1, -0.05) is 0 Å². The molecule has 0 saturated heterocycles. The van der Waals surface area contributed by atoms with Gasteiger partial charge in [0.2, 0.25) is 0 Å². The van der Waals surface area contributed by atoms with E-state index in [1.54, 1.807) is 0 Å². The van der Waals surface area contributed by atoms with Crippen LogP contribution < -0.4 is 5.73 Å². The van der Waals surface area contributed by atoms with E-state index >= 15 is 0 Å². The quantitative estimate of drug-likeness (QED) is 0.910. The van der Waals surface area contributed by atoms with Crippen molar-refractivity contribution >= 4 is 5.91 Å². The minimum Gasteiger partial charge on any atom is -0.337 e. The lowest BCUT2D eigenvalue weighted by Crippen LogP contribution is -2.43. The molecule has 1 atom stereocenters. The zero-order valence-electron chi connectivity index (χ0n) is 10.5. The normalized spacial score (nSPS) is 16.3. The van der Waals surface area contributed by atoms with Crippen LogP contribution in [0.5, 0.6) is 0 Å². The Bertz CT molecular complexity index is 480. The third-order valence-electron chi connectivity index (χ3n) is 3.45. The topological polar surface area (TPSA) is 46.3 Å². The lowest BCUT2D eigenvalue weighted by molar-refractivity contribution is 0.0708. The molecule has 2 N–H and O–H groups in total. The number of amides is 1. The second-order valence-corrected chi connectivity index (χ2v) is 4.80. The number of rotatable bonds is 4. The van der Waals surface area contributed by atoms with E-state index in [9.17, 15) is 18.0 Å².